The number of aryl methyl sites for hydroxylation is 1. The van der Waals surface area contributed by atoms with E-state index in [1.807, 2.05) is 84.9 Å². The molecule has 1 aliphatic rings. The molecule has 1 fully saturated rings. The van der Waals surface area contributed by atoms with Gasteiger partial charge in [0.1, 0.15) is 35.5 Å². The lowest BCUT2D eigenvalue weighted by Gasteiger charge is -2.37. The Morgan fingerprint density at radius 1 is 0.964 bits per heavy atom. The number of aliphatic hydroxyl groups excluding tert-OH is 1. The van der Waals surface area contributed by atoms with Crippen LogP contribution in [0, 0.1) is 18.3 Å². The first-order valence-corrected chi connectivity index (χ1v) is 17.8. The van der Waals surface area contributed by atoms with Crippen molar-refractivity contribution in [3.63, 3.8) is 0 Å². The summed E-state index contributed by atoms with van der Waals surface area (Å²) >= 11 is 0. The smallest absolute Gasteiger partial charge is 0.407 e. The molecule has 4 N–H and O–H groups in total. The number of aromatic nitrogens is 2. The van der Waals surface area contributed by atoms with Crippen LogP contribution in [0.5, 0.6) is 11.5 Å². The van der Waals surface area contributed by atoms with Crippen molar-refractivity contribution in [3.8, 4) is 17.6 Å². The van der Waals surface area contributed by atoms with Crippen LogP contribution in [0.1, 0.15) is 54.2 Å². The topological polar surface area (TPSA) is 203 Å². The summed E-state index contributed by atoms with van der Waals surface area (Å²) in [5.41, 5.74) is 0.229. The van der Waals surface area contributed by atoms with E-state index in [0.29, 0.717) is 23.5 Å². The highest BCUT2D eigenvalue weighted by Crippen LogP contribution is 2.43. The molecule has 2 heterocycles. The maximum Gasteiger partial charge on any atom is 0.407 e. The van der Waals surface area contributed by atoms with Crippen LogP contribution in [0.15, 0.2) is 94.6 Å². The number of rotatable bonds is 17. The highest BCUT2D eigenvalue weighted by molar-refractivity contribution is 5.76. The minimum absolute atomic E-state index is 0.0668. The Labute approximate surface area is 317 Å². The molecule has 1 aromatic heterocycles. The Kier molecular flexibility index (Phi) is 13.8. The van der Waals surface area contributed by atoms with Gasteiger partial charge in [0.15, 0.2) is 0 Å². The Hall–Kier alpha value is -5.95. The van der Waals surface area contributed by atoms with Gasteiger partial charge in [-0.1, -0.05) is 54.6 Å². The number of aromatic amines is 1. The Bertz CT molecular complexity index is 2000. The van der Waals surface area contributed by atoms with Crippen molar-refractivity contribution in [1.82, 2.24) is 20.2 Å². The molecule has 2 amide bonds. The molecule has 1 aliphatic heterocycles. The SMILES string of the molecule is COc1ccc(C(OC[C@H]2O[C@@H](n3cc(C)c(=O)[nH]c3=O)C[C@@H]2OC(=O)NCCCNC(=O)C[C@H](O)CC#N)(c2ccccc2)c2ccc(OC)cc2)cc1. The van der Waals surface area contributed by atoms with Gasteiger partial charge in [-0.05, 0) is 54.3 Å². The van der Waals surface area contributed by atoms with Gasteiger partial charge in [0.05, 0.1) is 45.8 Å². The normalized spacial score (nSPS) is 17.1. The summed E-state index contributed by atoms with van der Waals surface area (Å²) < 4.78 is 31.5. The largest absolute Gasteiger partial charge is 0.497 e. The van der Waals surface area contributed by atoms with E-state index >= 15 is 0 Å². The van der Waals surface area contributed by atoms with Crippen molar-refractivity contribution < 1.29 is 38.4 Å². The predicted octanol–water partition coefficient (Wildman–Crippen LogP) is 3.42. The molecule has 0 saturated carbocycles. The molecule has 0 spiro atoms. The summed E-state index contributed by atoms with van der Waals surface area (Å²) in [5, 5.41) is 23.6. The first-order chi connectivity index (χ1) is 26.6. The molecule has 0 bridgehead atoms. The number of H-pyrrole nitrogens is 1. The van der Waals surface area contributed by atoms with E-state index in [0.717, 1.165) is 16.7 Å². The van der Waals surface area contributed by atoms with E-state index in [2.05, 4.69) is 15.6 Å². The molecule has 1 saturated heterocycles. The highest BCUT2D eigenvalue weighted by Gasteiger charge is 2.44. The molecular formula is C40H45N5O10. The monoisotopic (exact) mass is 755 g/mol. The van der Waals surface area contributed by atoms with Crippen LogP contribution >= 0.6 is 0 Å². The van der Waals surface area contributed by atoms with Crippen molar-refractivity contribution in [2.45, 2.75) is 62.7 Å². The van der Waals surface area contributed by atoms with Gasteiger partial charge >= 0.3 is 11.8 Å². The molecule has 4 aromatic rings. The van der Waals surface area contributed by atoms with Crippen LogP contribution < -0.4 is 31.4 Å². The number of alkyl carbamates (subject to hydrolysis) is 1. The molecule has 0 radical (unpaired) electrons. The van der Waals surface area contributed by atoms with E-state index in [9.17, 15) is 24.3 Å². The van der Waals surface area contributed by atoms with Crippen molar-refractivity contribution in [3.05, 3.63) is 128 Å². The van der Waals surface area contributed by atoms with E-state index in [-0.39, 0.29) is 39.0 Å². The second-order valence-electron chi connectivity index (χ2n) is 13.0. The number of ether oxygens (including phenoxy) is 5. The third-order valence-corrected chi connectivity index (χ3v) is 9.23. The number of hydrogen-bond donors (Lipinski definition) is 4. The summed E-state index contributed by atoms with van der Waals surface area (Å²) in [6.07, 6.45) is -3.00. The third-order valence-electron chi connectivity index (χ3n) is 9.23. The number of amides is 2. The summed E-state index contributed by atoms with van der Waals surface area (Å²) in [6, 6.07) is 26.4. The van der Waals surface area contributed by atoms with Gasteiger partial charge in [0.2, 0.25) is 5.91 Å². The molecule has 15 nitrogen and oxygen atoms in total. The maximum absolute atomic E-state index is 13.1. The van der Waals surface area contributed by atoms with Crippen molar-refractivity contribution in [2.75, 3.05) is 33.9 Å². The molecule has 5 rings (SSSR count). The number of carbonyl (C=O) groups is 2. The Morgan fingerprint density at radius 3 is 2.16 bits per heavy atom. The number of carbonyl (C=O) groups excluding carboxylic acids is 2. The molecular weight excluding hydrogens is 710 g/mol. The van der Waals surface area contributed by atoms with Crippen LogP contribution in [-0.4, -0.2) is 78.9 Å². The van der Waals surface area contributed by atoms with Crippen molar-refractivity contribution >= 4 is 12.0 Å². The van der Waals surface area contributed by atoms with Crippen molar-refractivity contribution in [1.29, 1.82) is 5.26 Å². The molecule has 3 aromatic carbocycles. The zero-order chi connectivity index (χ0) is 39.4. The molecule has 290 valence electrons. The number of nitriles is 1. The number of hydrogen-bond acceptors (Lipinski definition) is 11. The number of methoxy groups -OCH3 is 2. The average molecular weight is 756 g/mol. The fraction of sp³-hybridized carbons (Fsp3) is 0.375. The quantitative estimate of drug-likeness (QED) is 0.0909. The van der Waals surface area contributed by atoms with Crippen LogP contribution in [0.3, 0.4) is 0 Å². The van der Waals surface area contributed by atoms with Gasteiger partial charge in [-0.25, -0.2) is 9.59 Å². The number of aliphatic hydroxyl groups is 1. The third kappa shape index (κ3) is 9.98. The average Bonchev–Trinajstić information content (AvgIpc) is 3.58. The van der Waals surface area contributed by atoms with Crippen LogP contribution in [0.4, 0.5) is 4.79 Å². The molecule has 4 atom stereocenters. The van der Waals surface area contributed by atoms with Gasteiger partial charge < -0.3 is 39.4 Å². The standard InChI is InChI=1S/C40H45N5O10/c1-26-24-45(38(49)44-37(26)48)36-23-33(55-39(50)43-21-7-20-42-35(47)22-30(46)18-19-41)34(54-36)25-53-40(27-8-5-4-6-9-27,28-10-14-31(51-2)15-11-28)29-12-16-32(52-3)17-13-29/h4-6,8-17,24,30,33-34,36,46H,7,18,20-23,25H2,1-3H3,(H,42,47)(H,43,50)(H,44,48,49)/t30-,33+,34-,36-/m1/s1. The van der Waals surface area contributed by atoms with Crippen LogP contribution in [0.2, 0.25) is 0 Å². The molecule has 15 heteroatoms. The fourth-order valence-corrected chi connectivity index (χ4v) is 6.38. The van der Waals surface area contributed by atoms with Crippen LogP contribution in [-0.2, 0) is 24.6 Å². The second-order valence-corrected chi connectivity index (χ2v) is 13.0. The van der Waals surface area contributed by atoms with E-state index in [1.54, 1.807) is 21.1 Å². The highest BCUT2D eigenvalue weighted by atomic mass is 16.6. The first kappa shape index (κ1) is 40.2. The molecule has 0 unspecified atom stereocenters. The van der Waals surface area contributed by atoms with Crippen molar-refractivity contribution in [2.24, 2.45) is 0 Å². The van der Waals surface area contributed by atoms with Gasteiger partial charge in [-0.15, -0.1) is 0 Å². The minimum Gasteiger partial charge on any atom is -0.497 e. The van der Waals surface area contributed by atoms with Gasteiger partial charge in [0.25, 0.3) is 5.56 Å². The zero-order valence-corrected chi connectivity index (χ0v) is 30.9. The van der Waals surface area contributed by atoms with Crippen LogP contribution in [0.25, 0.3) is 0 Å². The molecule has 0 aliphatic carbocycles. The maximum atomic E-state index is 13.1. The summed E-state index contributed by atoms with van der Waals surface area (Å²) in [5.74, 6) is 0.895. The minimum atomic E-state index is -1.21. The first-order valence-electron chi connectivity index (χ1n) is 17.8. The molecule has 55 heavy (non-hydrogen) atoms. The lowest BCUT2D eigenvalue weighted by molar-refractivity contribution is -0.122. The lowest BCUT2D eigenvalue weighted by Crippen LogP contribution is -2.40. The summed E-state index contributed by atoms with van der Waals surface area (Å²) in [4.78, 5) is 52.5. The number of nitrogens with zero attached hydrogens (tertiary/aromatic N) is 2. The van der Waals surface area contributed by atoms with Gasteiger partial charge in [-0.3, -0.25) is 19.1 Å². The number of benzene rings is 3. The van der Waals surface area contributed by atoms with E-state index in [1.165, 1.54) is 10.8 Å². The predicted molar refractivity (Wildman–Crippen MR) is 200 cm³/mol. The number of nitrogens with one attached hydrogen (secondary N) is 3. The summed E-state index contributed by atoms with van der Waals surface area (Å²) in [7, 11) is 3.17. The second kappa shape index (κ2) is 18.9. The zero-order valence-electron chi connectivity index (χ0n) is 30.9. The van der Waals surface area contributed by atoms with Gasteiger partial charge in [0, 0.05) is 31.3 Å². The van der Waals surface area contributed by atoms with E-state index < -0.39 is 53.4 Å². The fourth-order valence-electron chi connectivity index (χ4n) is 6.38. The van der Waals surface area contributed by atoms with Gasteiger partial charge in [-0.2, -0.15) is 5.26 Å². The summed E-state index contributed by atoms with van der Waals surface area (Å²) in [6.45, 7) is 1.83. The Morgan fingerprint density at radius 2 is 1.56 bits per heavy atom. The van der Waals surface area contributed by atoms with E-state index in [4.69, 9.17) is 28.9 Å². The lowest BCUT2D eigenvalue weighted by atomic mass is 9.80. The Balaban J connectivity index is 1.40.